The highest BCUT2D eigenvalue weighted by molar-refractivity contribution is 5.74. The van der Waals surface area contributed by atoms with Crippen LogP contribution in [-0.2, 0) is 4.79 Å². The summed E-state index contributed by atoms with van der Waals surface area (Å²) < 4.78 is 0. The van der Waals surface area contributed by atoms with E-state index in [2.05, 4.69) is 9.97 Å². The fourth-order valence-electron chi connectivity index (χ4n) is 1.09. The molecule has 0 aliphatic carbocycles. The summed E-state index contributed by atoms with van der Waals surface area (Å²) in [5, 5.41) is 27.4. The largest absolute Gasteiger partial charge is 0.390 e. The number of aliphatic hydroxyl groups is 2. The predicted molar refractivity (Wildman–Crippen MR) is 51.5 cm³/mol. The molecule has 1 aromatic heterocycles. The molecule has 0 saturated carbocycles. The van der Waals surface area contributed by atoms with E-state index in [0.29, 0.717) is 0 Å². The Balaban J connectivity index is 2.76. The highest BCUT2D eigenvalue weighted by Crippen LogP contribution is 2.16. The second kappa shape index (κ2) is 5.16. The van der Waals surface area contributed by atoms with Crippen LogP contribution >= 0.6 is 0 Å². The highest BCUT2D eigenvalue weighted by Gasteiger charge is 2.20. The molecule has 16 heavy (non-hydrogen) atoms. The maximum Gasteiger partial charge on any atom is 0.232 e. The molecule has 0 aliphatic heterocycles. The van der Waals surface area contributed by atoms with Gasteiger partial charge in [-0.1, -0.05) is 0 Å². The molecule has 2 unspecified atom stereocenters. The molecule has 1 aromatic rings. The minimum absolute atomic E-state index is 0.0414. The summed E-state index contributed by atoms with van der Waals surface area (Å²) in [5.41, 5.74) is 5.09. The number of hydrogen-bond donors (Lipinski definition) is 3. The Morgan fingerprint density at radius 2 is 2.06 bits per heavy atom. The Morgan fingerprint density at radius 1 is 1.50 bits per heavy atom. The lowest BCUT2D eigenvalue weighted by Gasteiger charge is -2.15. The summed E-state index contributed by atoms with van der Waals surface area (Å²) in [4.78, 5) is 17.8. The van der Waals surface area contributed by atoms with E-state index in [4.69, 9.17) is 11.0 Å². The fourth-order valence-corrected chi connectivity index (χ4v) is 1.09. The van der Waals surface area contributed by atoms with Gasteiger partial charge in [-0.05, 0) is 0 Å². The molecule has 0 aliphatic rings. The summed E-state index contributed by atoms with van der Waals surface area (Å²) in [6, 6.07) is 1.71. The number of nitrogens with two attached hydrogens (primary N) is 1. The molecular weight excluding hydrogens is 212 g/mol. The van der Waals surface area contributed by atoms with Gasteiger partial charge < -0.3 is 15.9 Å². The van der Waals surface area contributed by atoms with Crippen molar-refractivity contribution in [3.63, 3.8) is 0 Å². The number of carbonyl (C=O) groups excluding carboxylic acids is 1. The van der Waals surface area contributed by atoms with E-state index in [1.807, 2.05) is 0 Å². The fraction of sp³-hybridized carbons (Fsp3) is 0.333. The molecule has 0 saturated heterocycles. The van der Waals surface area contributed by atoms with Gasteiger partial charge in [-0.25, -0.2) is 9.97 Å². The van der Waals surface area contributed by atoms with Crippen molar-refractivity contribution < 1.29 is 15.0 Å². The second-order valence-corrected chi connectivity index (χ2v) is 3.13. The number of hydrogen-bond acceptors (Lipinski definition) is 6. The number of aromatic nitrogens is 2. The topological polar surface area (TPSA) is 133 Å². The van der Waals surface area contributed by atoms with Crippen LogP contribution in [0.2, 0.25) is 0 Å². The first kappa shape index (κ1) is 12.0. The van der Waals surface area contributed by atoms with Crippen molar-refractivity contribution >= 4 is 5.91 Å². The number of amides is 1. The molecule has 1 heterocycles. The van der Waals surface area contributed by atoms with Gasteiger partial charge in [0.25, 0.3) is 0 Å². The van der Waals surface area contributed by atoms with Crippen molar-refractivity contribution in [3.8, 4) is 6.07 Å². The Labute approximate surface area is 91.2 Å². The quantitative estimate of drug-likeness (QED) is 0.574. The van der Waals surface area contributed by atoms with Crippen LogP contribution in [0.5, 0.6) is 0 Å². The summed E-state index contributed by atoms with van der Waals surface area (Å²) >= 11 is 0. The van der Waals surface area contributed by atoms with Crippen LogP contribution in [0.25, 0.3) is 0 Å². The smallest absolute Gasteiger partial charge is 0.232 e. The Morgan fingerprint density at radius 3 is 2.50 bits per heavy atom. The van der Waals surface area contributed by atoms with Gasteiger partial charge in [0.1, 0.15) is 12.2 Å². The second-order valence-electron chi connectivity index (χ2n) is 3.13. The number of nitriles is 1. The van der Waals surface area contributed by atoms with E-state index >= 15 is 0 Å². The SMILES string of the molecule is N#Cc1ncc(C(O)C(O)CC(N)=O)cn1. The summed E-state index contributed by atoms with van der Waals surface area (Å²) in [6.45, 7) is 0. The van der Waals surface area contributed by atoms with Crippen molar-refractivity contribution in [2.45, 2.75) is 18.6 Å². The Hall–Kier alpha value is -2.04. The summed E-state index contributed by atoms with van der Waals surface area (Å²) in [6.07, 6.45) is -0.559. The van der Waals surface area contributed by atoms with Gasteiger partial charge in [-0.2, -0.15) is 5.26 Å². The molecule has 0 spiro atoms. The standard InChI is InChI=1S/C9H10N4O3/c10-2-8-12-3-5(4-13-8)9(16)6(14)1-7(11)15/h3-4,6,9,14,16H,1H2,(H2,11,15). The Bertz CT molecular complexity index is 412. The van der Waals surface area contributed by atoms with Crippen LogP contribution in [-0.4, -0.2) is 32.2 Å². The number of aliphatic hydroxyl groups excluding tert-OH is 2. The maximum atomic E-state index is 10.5. The Kier molecular flexibility index (Phi) is 3.88. The van der Waals surface area contributed by atoms with Gasteiger partial charge >= 0.3 is 0 Å². The predicted octanol–water partition coefficient (Wildman–Crippen LogP) is -1.38. The number of rotatable bonds is 4. The maximum absolute atomic E-state index is 10.5. The third-order valence-electron chi connectivity index (χ3n) is 1.89. The van der Waals surface area contributed by atoms with Crippen molar-refractivity contribution in [3.05, 3.63) is 23.8 Å². The van der Waals surface area contributed by atoms with Crippen molar-refractivity contribution in [1.82, 2.24) is 9.97 Å². The molecule has 1 amide bonds. The summed E-state index contributed by atoms with van der Waals surface area (Å²) in [5.74, 6) is -0.763. The van der Waals surface area contributed by atoms with Gasteiger partial charge in [-0.15, -0.1) is 0 Å². The first-order chi connectivity index (χ1) is 7.54. The normalized spacial score (nSPS) is 13.8. The summed E-state index contributed by atoms with van der Waals surface area (Å²) in [7, 11) is 0. The van der Waals surface area contributed by atoms with Gasteiger partial charge in [0.15, 0.2) is 0 Å². The lowest BCUT2D eigenvalue weighted by atomic mass is 10.1. The van der Waals surface area contributed by atoms with Crippen LogP contribution in [0.4, 0.5) is 0 Å². The van der Waals surface area contributed by atoms with Crippen LogP contribution < -0.4 is 5.73 Å². The third-order valence-corrected chi connectivity index (χ3v) is 1.89. The molecule has 7 nitrogen and oxygen atoms in total. The molecule has 0 radical (unpaired) electrons. The molecule has 7 heteroatoms. The molecule has 0 aromatic carbocycles. The van der Waals surface area contributed by atoms with Gasteiger partial charge in [0.05, 0.1) is 12.5 Å². The van der Waals surface area contributed by atoms with Crippen molar-refractivity contribution in [2.75, 3.05) is 0 Å². The lowest BCUT2D eigenvalue weighted by molar-refractivity contribution is -0.121. The minimum Gasteiger partial charge on any atom is -0.390 e. The van der Waals surface area contributed by atoms with Crippen LogP contribution in [0.1, 0.15) is 23.9 Å². The highest BCUT2D eigenvalue weighted by atomic mass is 16.3. The molecule has 0 bridgehead atoms. The van der Waals surface area contributed by atoms with E-state index in [0.717, 1.165) is 0 Å². The van der Waals surface area contributed by atoms with Gasteiger partial charge in [0, 0.05) is 18.0 Å². The minimum atomic E-state index is -1.31. The zero-order valence-electron chi connectivity index (χ0n) is 8.24. The molecule has 0 fully saturated rings. The van der Waals surface area contributed by atoms with Crippen LogP contribution in [0.3, 0.4) is 0 Å². The lowest BCUT2D eigenvalue weighted by Crippen LogP contribution is -2.25. The van der Waals surface area contributed by atoms with E-state index < -0.39 is 18.1 Å². The zero-order chi connectivity index (χ0) is 12.1. The average molecular weight is 222 g/mol. The zero-order valence-corrected chi connectivity index (χ0v) is 8.24. The molecule has 1 rings (SSSR count). The molecule has 2 atom stereocenters. The van der Waals surface area contributed by atoms with Crippen molar-refractivity contribution in [1.29, 1.82) is 5.26 Å². The monoisotopic (exact) mass is 222 g/mol. The van der Waals surface area contributed by atoms with E-state index in [-0.39, 0.29) is 17.8 Å². The van der Waals surface area contributed by atoms with Crippen molar-refractivity contribution in [2.24, 2.45) is 5.73 Å². The van der Waals surface area contributed by atoms with Crippen LogP contribution in [0.15, 0.2) is 12.4 Å². The van der Waals surface area contributed by atoms with E-state index in [1.54, 1.807) is 6.07 Å². The molecule has 4 N–H and O–H groups in total. The van der Waals surface area contributed by atoms with Gasteiger partial charge in [0.2, 0.25) is 11.7 Å². The molecule has 84 valence electrons. The number of nitrogens with zero attached hydrogens (tertiary/aromatic N) is 3. The first-order valence-corrected chi connectivity index (χ1v) is 4.41. The number of carbonyl (C=O) groups is 1. The number of primary amides is 1. The first-order valence-electron chi connectivity index (χ1n) is 4.41. The average Bonchev–Trinajstić information content (AvgIpc) is 2.27. The van der Waals surface area contributed by atoms with E-state index in [1.165, 1.54) is 12.4 Å². The van der Waals surface area contributed by atoms with Gasteiger partial charge in [-0.3, -0.25) is 4.79 Å². The van der Waals surface area contributed by atoms with Crippen LogP contribution in [0, 0.1) is 11.3 Å². The van der Waals surface area contributed by atoms with E-state index in [9.17, 15) is 15.0 Å². The molecular formula is C9H10N4O3. The third kappa shape index (κ3) is 2.98.